The Hall–Kier alpha value is -0.600. The summed E-state index contributed by atoms with van der Waals surface area (Å²) in [5.74, 6) is 0.456. The number of hydrogen-bond acceptors (Lipinski definition) is 1. The largest absolute Gasteiger partial charge is 0.295 e. The summed E-state index contributed by atoms with van der Waals surface area (Å²) in [5, 5.41) is 0. The van der Waals surface area contributed by atoms with Gasteiger partial charge in [-0.05, 0) is 30.5 Å². The summed E-state index contributed by atoms with van der Waals surface area (Å²) in [6.45, 7) is 6.12. The minimum Gasteiger partial charge on any atom is -0.295 e. The van der Waals surface area contributed by atoms with Crippen LogP contribution >= 0.6 is 11.6 Å². The minimum atomic E-state index is -0.180. The third-order valence-electron chi connectivity index (χ3n) is 3.13. The van der Waals surface area contributed by atoms with Gasteiger partial charge in [0.25, 0.3) is 0 Å². The molecule has 0 saturated carbocycles. The first kappa shape index (κ1) is 14.5. The summed E-state index contributed by atoms with van der Waals surface area (Å²) in [6, 6.07) is 7.28. The molecule has 0 aromatic heterocycles. The second-order valence-corrected chi connectivity index (χ2v) is 4.63. The minimum absolute atomic E-state index is 0.180. The van der Waals surface area contributed by atoms with Crippen LogP contribution in [0.25, 0.3) is 0 Å². The third kappa shape index (κ3) is 4.64. The maximum absolute atomic E-state index is 12.8. The highest BCUT2D eigenvalue weighted by atomic mass is 35.5. The van der Waals surface area contributed by atoms with Gasteiger partial charge in [0.15, 0.2) is 0 Å². The summed E-state index contributed by atoms with van der Waals surface area (Å²) in [4.78, 5) is 2.38. The molecule has 96 valence electrons. The van der Waals surface area contributed by atoms with E-state index in [1.54, 1.807) is 0 Å². The average molecular weight is 258 g/mol. The lowest BCUT2D eigenvalue weighted by Crippen LogP contribution is -2.35. The second kappa shape index (κ2) is 7.67. The van der Waals surface area contributed by atoms with Gasteiger partial charge in [0, 0.05) is 25.0 Å². The van der Waals surface area contributed by atoms with Gasteiger partial charge in [-0.15, -0.1) is 11.6 Å². The molecule has 0 atom stereocenters. The van der Waals surface area contributed by atoms with Crippen LogP contribution < -0.4 is 0 Å². The van der Waals surface area contributed by atoms with Gasteiger partial charge in [-0.2, -0.15) is 0 Å². The number of nitrogens with zero attached hydrogens (tertiary/aromatic N) is 1. The first-order valence-corrected chi connectivity index (χ1v) is 6.79. The van der Waals surface area contributed by atoms with Gasteiger partial charge < -0.3 is 0 Å². The molecular formula is C14H21ClFN. The van der Waals surface area contributed by atoms with Crippen LogP contribution in [0.2, 0.25) is 0 Å². The zero-order chi connectivity index (χ0) is 12.7. The van der Waals surface area contributed by atoms with Gasteiger partial charge in [-0.25, -0.2) is 4.39 Å². The molecule has 17 heavy (non-hydrogen) atoms. The Labute approximate surface area is 109 Å². The lowest BCUT2D eigenvalue weighted by atomic mass is 10.1. The van der Waals surface area contributed by atoms with E-state index in [4.69, 9.17) is 11.6 Å². The van der Waals surface area contributed by atoms with E-state index in [1.165, 1.54) is 12.1 Å². The molecule has 0 aliphatic heterocycles. The number of alkyl halides is 1. The Balaban J connectivity index is 2.68. The van der Waals surface area contributed by atoms with E-state index in [-0.39, 0.29) is 5.82 Å². The molecule has 0 saturated heterocycles. The molecule has 1 rings (SSSR count). The van der Waals surface area contributed by atoms with Gasteiger partial charge in [0.1, 0.15) is 5.82 Å². The average Bonchev–Trinajstić information content (AvgIpc) is 2.34. The molecule has 0 fully saturated rings. The van der Waals surface area contributed by atoms with Crippen LogP contribution in [-0.4, -0.2) is 23.4 Å². The highest BCUT2D eigenvalue weighted by molar-refractivity contribution is 6.18. The maximum Gasteiger partial charge on any atom is 0.123 e. The summed E-state index contributed by atoms with van der Waals surface area (Å²) in [5.41, 5.74) is 1.14. The quantitative estimate of drug-likeness (QED) is 0.666. The zero-order valence-corrected chi connectivity index (χ0v) is 11.4. The van der Waals surface area contributed by atoms with Crippen molar-refractivity contribution >= 4 is 11.6 Å². The van der Waals surface area contributed by atoms with Crippen LogP contribution in [0, 0.1) is 5.82 Å². The molecule has 3 heteroatoms. The molecule has 0 heterocycles. The van der Waals surface area contributed by atoms with E-state index < -0.39 is 0 Å². The first-order valence-electron chi connectivity index (χ1n) is 6.25. The van der Waals surface area contributed by atoms with Crippen molar-refractivity contribution in [1.82, 2.24) is 4.90 Å². The molecule has 0 unspecified atom stereocenters. The third-order valence-corrected chi connectivity index (χ3v) is 3.30. The highest BCUT2D eigenvalue weighted by Crippen LogP contribution is 2.14. The van der Waals surface area contributed by atoms with Crippen molar-refractivity contribution in [1.29, 1.82) is 0 Å². The highest BCUT2D eigenvalue weighted by Gasteiger charge is 2.14. The van der Waals surface area contributed by atoms with Crippen LogP contribution in [-0.2, 0) is 6.54 Å². The second-order valence-electron chi connectivity index (χ2n) is 4.26. The molecular weight excluding hydrogens is 237 g/mol. The Kier molecular flexibility index (Phi) is 6.53. The van der Waals surface area contributed by atoms with Crippen molar-refractivity contribution < 1.29 is 4.39 Å². The molecule has 0 aliphatic rings. The summed E-state index contributed by atoms with van der Waals surface area (Å²) in [7, 11) is 0. The monoisotopic (exact) mass is 257 g/mol. The smallest absolute Gasteiger partial charge is 0.123 e. The molecule has 1 aromatic rings. The van der Waals surface area contributed by atoms with Crippen molar-refractivity contribution in [2.75, 3.05) is 12.4 Å². The van der Waals surface area contributed by atoms with Crippen LogP contribution in [0.4, 0.5) is 4.39 Å². The Morgan fingerprint density at radius 2 is 1.76 bits per heavy atom. The number of rotatable bonds is 7. The van der Waals surface area contributed by atoms with E-state index in [0.29, 0.717) is 11.9 Å². The van der Waals surface area contributed by atoms with Crippen molar-refractivity contribution in [2.24, 2.45) is 0 Å². The zero-order valence-electron chi connectivity index (χ0n) is 10.6. The maximum atomic E-state index is 12.8. The fourth-order valence-corrected chi connectivity index (χ4v) is 2.35. The molecule has 0 bridgehead atoms. The molecule has 0 spiro atoms. The van der Waals surface area contributed by atoms with Crippen molar-refractivity contribution in [3.05, 3.63) is 35.6 Å². The lowest BCUT2D eigenvalue weighted by molar-refractivity contribution is 0.188. The topological polar surface area (TPSA) is 3.24 Å². The van der Waals surface area contributed by atoms with Gasteiger partial charge in [-0.3, -0.25) is 4.90 Å². The van der Waals surface area contributed by atoms with Crippen LogP contribution in [0.3, 0.4) is 0 Å². The molecule has 1 nitrogen and oxygen atoms in total. The summed E-state index contributed by atoms with van der Waals surface area (Å²) in [6.07, 6.45) is 2.24. The van der Waals surface area contributed by atoms with Crippen LogP contribution in [0.5, 0.6) is 0 Å². The predicted molar refractivity (Wildman–Crippen MR) is 71.9 cm³/mol. The number of halogens is 2. The van der Waals surface area contributed by atoms with Crippen molar-refractivity contribution in [2.45, 2.75) is 39.3 Å². The Morgan fingerprint density at radius 1 is 1.18 bits per heavy atom. The van der Waals surface area contributed by atoms with Gasteiger partial charge in [0.05, 0.1) is 0 Å². The van der Waals surface area contributed by atoms with E-state index in [2.05, 4.69) is 18.7 Å². The molecule has 0 N–H and O–H groups in total. The first-order chi connectivity index (χ1) is 8.21. The SMILES string of the molecule is CCC(CC)N(CCCl)Cc1ccc(F)cc1. The molecule has 0 aliphatic carbocycles. The standard InChI is InChI=1S/C14H21ClFN/c1-3-14(4-2)17(10-9-15)11-12-5-7-13(16)8-6-12/h5-8,14H,3-4,9-11H2,1-2H3. The van der Waals surface area contributed by atoms with E-state index in [0.717, 1.165) is 31.5 Å². The van der Waals surface area contributed by atoms with E-state index in [9.17, 15) is 4.39 Å². The van der Waals surface area contributed by atoms with Gasteiger partial charge in [0.2, 0.25) is 0 Å². The molecule has 0 amide bonds. The summed E-state index contributed by atoms with van der Waals surface area (Å²) >= 11 is 5.84. The summed E-state index contributed by atoms with van der Waals surface area (Å²) < 4.78 is 12.8. The fraction of sp³-hybridized carbons (Fsp3) is 0.571. The molecule has 1 aromatic carbocycles. The van der Waals surface area contributed by atoms with Crippen molar-refractivity contribution in [3.8, 4) is 0 Å². The fourth-order valence-electron chi connectivity index (χ4n) is 2.13. The van der Waals surface area contributed by atoms with E-state index in [1.807, 2.05) is 12.1 Å². The van der Waals surface area contributed by atoms with Crippen molar-refractivity contribution in [3.63, 3.8) is 0 Å². The predicted octanol–water partition coefficient (Wildman–Crippen LogP) is 4.06. The number of hydrogen-bond donors (Lipinski definition) is 0. The van der Waals surface area contributed by atoms with Gasteiger partial charge in [-0.1, -0.05) is 26.0 Å². The van der Waals surface area contributed by atoms with Crippen LogP contribution in [0.1, 0.15) is 32.3 Å². The van der Waals surface area contributed by atoms with Gasteiger partial charge >= 0.3 is 0 Å². The molecule has 0 radical (unpaired) electrons. The van der Waals surface area contributed by atoms with E-state index >= 15 is 0 Å². The lowest BCUT2D eigenvalue weighted by Gasteiger charge is -2.29. The Morgan fingerprint density at radius 3 is 2.24 bits per heavy atom. The number of benzene rings is 1. The Bertz CT molecular complexity index is 309. The normalized spacial score (nSPS) is 11.4. The van der Waals surface area contributed by atoms with Crippen LogP contribution in [0.15, 0.2) is 24.3 Å².